The van der Waals surface area contributed by atoms with Crippen LogP contribution in [0.1, 0.15) is 17.0 Å². The Hall–Kier alpha value is -4.20. The minimum Gasteiger partial charge on any atom is -0.485 e. The molecule has 4 aromatic rings. The van der Waals surface area contributed by atoms with Crippen LogP contribution in [-0.4, -0.2) is 15.1 Å². The van der Waals surface area contributed by atoms with Crippen LogP contribution >= 0.6 is 0 Å². The summed E-state index contributed by atoms with van der Waals surface area (Å²) in [7, 11) is 0. The number of nitro groups is 1. The van der Waals surface area contributed by atoms with Gasteiger partial charge in [0.1, 0.15) is 13.2 Å². The second kappa shape index (κ2) is 9.08. The number of rotatable bonds is 8. The van der Waals surface area contributed by atoms with Gasteiger partial charge in [-0.25, -0.2) is 0 Å². The quantitative estimate of drug-likeness (QED) is 0.290. The Morgan fingerprint density at radius 3 is 2.10 bits per heavy atom. The smallest absolute Gasteiger partial charge is 0.315 e. The number of nitrogens with zero attached hydrogens (tertiary/aromatic N) is 3. The van der Waals surface area contributed by atoms with E-state index in [0.717, 1.165) is 11.1 Å². The van der Waals surface area contributed by atoms with Gasteiger partial charge < -0.3 is 14.0 Å². The number of benzene rings is 3. The molecule has 156 valence electrons. The molecule has 4 rings (SSSR count). The summed E-state index contributed by atoms with van der Waals surface area (Å²) in [5.74, 6) is 0.869. The van der Waals surface area contributed by atoms with Gasteiger partial charge in [0.25, 0.3) is 0 Å². The molecule has 0 spiro atoms. The van der Waals surface area contributed by atoms with Crippen LogP contribution in [0.2, 0.25) is 0 Å². The van der Waals surface area contributed by atoms with Gasteiger partial charge in [-0.05, 0) is 17.2 Å². The first kappa shape index (κ1) is 20.1. The van der Waals surface area contributed by atoms with E-state index in [2.05, 4.69) is 10.1 Å². The second-order valence-electron chi connectivity index (χ2n) is 6.77. The van der Waals surface area contributed by atoms with Crippen molar-refractivity contribution in [1.29, 1.82) is 0 Å². The summed E-state index contributed by atoms with van der Waals surface area (Å²) >= 11 is 0. The molecular formula is C23H19N3O5. The summed E-state index contributed by atoms with van der Waals surface area (Å²) in [6.45, 7) is 2.02. The monoisotopic (exact) mass is 417 g/mol. The Morgan fingerprint density at radius 1 is 0.935 bits per heavy atom. The van der Waals surface area contributed by atoms with Gasteiger partial charge in [-0.2, -0.15) is 4.98 Å². The third-order valence-electron chi connectivity index (χ3n) is 4.48. The summed E-state index contributed by atoms with van der Waals surface area (Å²) in [4.78, 5) is 15.5. The normalized spacial score (nSPS) is 10.6. The third kappa shape index (κ3) is 4.87. The van der Waals surface area contributed by atoms with Crippen LogP contribution in [0.4, 0.5) is 5.69 Å². The zero-order chi connectivity index (χ0) is 21.6. The van der Waals surface area contributed by atoms with E-state index in [1.54, 1.807) is 13.0 Å². The van der Waals surface area contributed by atoms with Crippen LogP contribution < -0.4 is 9.47 Å². The maximum Gasteiger partial charge on any atom is 0.315 e. The second-order valence-corrected chi connectivity index (χ2v) is 6.77. The van der Waals surface area contributed by atoms with E-state index in [1.165, 1.54) is 6.07 Å². The number of aromatic nitrogens is 2. The first-order valence-electron chi connectivity index (χ1n) is 9.57. The highest BCUT2D eigenvalue weighted by molar-refractivity contribution is 5.69. The van der Waals surface area contributed by atoms with E-state index in [0.29, 0.717) is 11.5 Å². The van der Waals surface area contributed by atoms with E-state index >= 15 is 0 Å². The third-order valence-corrected chi connectivity index (χ3v) is 4.48. The van der Waals surface area contributed by atoms with Crippen molar-refractivity contribution < 1.29 is 18.9 Å². The Balaban J connectivity index is 1.72. The SMILES string of the molecule is Cc1nc(-c2cc(OCc3ccccc3)c(OCc3ccccc3)c([N+](=O)[O-])c2)no1. The average molecular weight is 417 g/mol. The fourth-order valence-corrected chi connectivity index (χ4v) is 2.99. The topological polar surface area (TPSA) is 101 Å². The van der Waals surface area contributed by atoms with Crippen LogP contribution in [0.3, 0.4) is 0 Å². The van der Waals surface area contributed by atoms with E-state index in [9.17, 15) is 10.1 Å². The molecule has 1 aromatic heterocycles. The molecule has 0 radical (unpaired) electrons. The van der Waals surface area contributed by atoms with Gasteiger partial charge in [0, 0.05) is 18.6 Å². The molecule has 3 aromatic carbocycles. The molecule has 8 nitrogen and oxygen atoms in total. The Labute approximate surface area is 178 Å². The van der Waals surface area contributed by atoms with Crippen molar-refractivity contribution >= 4 is 5.69 Å². The molecular weight excluding hydrogens is 398 g/mol. The van der Waals surface area contributed by atoms with Crippen molar-refractivity contribution in [3.05, 3.63) is 99.9 Å². The average Bonchev–Trinajstić information content (AvgIpc) is 3.23. The molecule has 0 bridgehead atoms. The summed E-state index contributed by atoms with van der Waals surface area (Å²) in [6, 6.07) is 21.9. The largest absolute Gasteiger partial charge is 0.485 e. The zero-order valence-corrected chi connectivity index (χ0v) is 16.7. The summed E-state index contributed by atoms with van der Waals surface area (Å²) in [6.07, 6.45) is 0. The van der Waals surface area contributed by atoms with Crippen molar-refractivity contribution in [1.82, 2.24) is 10.1 Å². The van der Waals surface area contributed by atoms with Gasteiger partial charge in [0.05, 0.1) is 4.92 Å². The molecule has 8 heteroatoms. The number of hydrogen-bond acceptors (Lipinski definition) is 7. The molecule has 0 N–H and O–H groups in total. The van der Waals surface area contributed by atoms with Crippen molar-refractivity contribution in [2.75, 3.05) is 0 Å². The van der Waals surface area contributed by atoms with Crippen LogP contribution in [0.25, 0.3) is 11.4 Å². The number of nitro benzene ring substituents is 1. The molecule has 0 aliphatic heterocycles. The van der Waals surface area contributed by atoms with E-state index in [1.807, 2.05) is 60.7 Å². The molecule has 0 saturated carbocycles. The van der Waals surface area contributed by atoms with Crippen LogP contribution in [-0.2, 0) is 13.2 Å². The van der Waals surface area contributed by atoms with Gasteiger partial charge in [-0.1, -0.05) is 65.8 Å². The van der Waals surface area contributed by atoms with E-state index in [4.69, 9.17) is 14.0 Å². The molecule has 31 heavy (non-hydrogen) atoms. The van der Waals surface area contributed by atoms with Gasteiger partial charge in [-0.3, -0.25) is 10.1 Å². The molecule has 0 aliphatic carbocycles. The summed E-state index contributed by atoms with van der Waals surface area (Å²) < 4.78 is 16.8. The summed E-state index contributed by atoms with van der Waals surface area (Å²) in [5.41, 5.74) is 1.96. The highest BCUT2D eigenvalue weighted by Gasteiger charge is 2.25. The highest BCUT2D eigenvalue weighted by atomic mass is 16.6. The number of hydrogen-bond donors (Lipinski definition) is 0. The molecule has 0 fully saturated rings. The standard InChI is InChI=1S/C23H19N3O5/c1-16-24-23(25-31-16)19-12-20(26(27)28)22(30-15-18-10-6-3-7-11-18)21(13-19)29-14-17-8-4-2-5-9-17/h2-13H,14-15H2,1H3. The van der Waals surface area contributed by atoms with Gasteiger partial charge in [-0.15, -0.1) is 0 Å². The van der Waals surface area contributed by atoms with Crippen molar-refractivity contribution in [2.24, 2.45) is 0 Å². The lowest BCUT2D eigenvalue weighted by Crippen LogP contribution is -2.04. The molecule has 0 aliphatic rings. The Bertz CT molecular complexity index is 1180. The van der Waals surface area contributed by atoms with Crippen LogP contribution in [0.15, 0.2) is 77.3 Å². The van der Waals surface area contributed by atoms with Gasteiger partial charge >= 0.3 is 5.69 Å². The maximum absolute atomic E-state index is 11.9. The van der Waals surface area contributed by atoms with E-state index in [-0.39, 0.29) is 36.2 Å². The molecule has 0 unspecified atom stereocenters. The first-order valence-corrected chi connectivity index (χ1v) is 9.57. The van der Waals surface area contributed by atoms with Crippen molar-refractivity contribution in [3.8, 4) is 22.9 Å². The van der Waals surface area contributed by atoms with Crippen molar-refractivity contribution in [2.45, 2.75) is 20.1 Å². The fraction of sp³-hybridized carbons (Fsp3) is 0.130. The fourth-order valence-electron chi connectivity index (χ4n) is 2.99. The van der Waals surface area contributed by atoms with Crippen LogP contribution in [0, 0.1) is 17.0 Å². The zero-order valence-electron chi connectivity index (χ0n) is 16.7. The van der Waals surface area contributed by atoms with E-state index < -0.39 is 4.92 Å². The highest BCUT2D eigenvalue weighted by Crippen LogP contribution is 2.41. The Morgan fingerprint density at radius 2 is 1.55 bits per heavy atom. The lowest BCUT2D eigenvalue weighted by Gasteiger charge is -2.14. The maximum atomic E-state index is 11.9. The minimum absolute atomic E-state index is 0.0498. The number of ether oxygens (including phenoxy) is 2. The molecule has 0 amide bonds. The lowest BCUT2D eigenvalue weighted by atomic mass is 10.1. The molecule has 1 heterocycles. The molecule has 0 atom stereocenters. The predicted octanol–water partition coefficient (Wildman–Crippen LogP) is 5.11. The lowest BCUT2D eigenvalue weighted by molar-refractivity contribution is -0.386. The van der Waals surface area contributed by atoms with Gasteiger partial charge in [0.15, 0.2) is 5.75 Å². The molecule has 0 saturated heterocycles. The summed E-state index contributed by atoms with van der Waals surface area (Å²) in [5, 5.41) is 15.7. The van der Waals surface area contributed by atoms with Crippen LogP contribution in [0.5, 0.6) is 11.5 Å². The first-order chi connectivity index (χ1) is 15.1. The Kier molecular flexibility index (Phi) is 5.89. The van der Waals surface area contributed by atoms with Gasteiger partial charge in [0.2, 0.25) is 17.5 Å². The minimum atomic E-state index is -0.508. The predicted molar refractivity (Wildman–Crippen MR) is 113 cm³/mol. The van der Waals surface area contributed by atoms with Crippen molar-refractivity contribution in [3.63, 3.8) is 0 Å². The number of aryl methyl sites for hydroxylation is 1.